The lowest BCUT2D eigenvalue weighted by Crippen LogP contribution is -2.42. The maximum atomic E-state index is 3.40. The van der Waals surface area contributed by atoms with Crippen LogP contribution in [0.15, 0.2) is 30.3 Å². The Kier molecular flexibility index (Phi) is 5.62. The predicted octanol–water partition coefficient (Wildman–Crippen LogP) is 3.50. The summed E-state index contributed by atoms with van der Waals surface area (Å²) >= 11 is 0. The third-order valence-corrected chi connectivity index (χ3v) is 5.15. The van der Waals surface area contributed by atoms with Crippen LogP contribution in [0.25, 0.3) is 0 Å². The molecule has 1 fully saturated rings. The van der Waals surface area contributed by atoms with Crippen molar-refractivity contribution in [3.05, 3.63) is 35.9 Å². The molecule has 1 aromatic carbocycles. The van der Waals surface area contributed by atoms with Crippen molar-refractivity contribution in [2.75, 3.05) is 33.2 Å². The summed E-state index contributed by atoms with van der Waals surface area (Å²) in [4.78, 5) is 2.68. The van der Waals surface area contributed by atoms with Crippen LogP contribution in [0.3, 0.4) is 0 Å². The Morgan fingerprint density at radius 3 is 2.50 bits per heavy atom. The molecule has 1 aromatic rings. The fourth-order valence-electron chi connectivity index (χ4n) is 3.60. The third kappa shape index (κ3) is 3.62. The summed E-state index contributed by atoms with van der Waals surface area (Å²) in [5, 5.41) is 3.40. The first-order valence-corrected chi connectivity index (χ1v) is 8.15. The summed E-state index contributed by atoms with van der Waals surface area (Å²) in [5.41, 5.74) is 1.96. The summed E-state index contributed by atoms with van der Waals surface area (Å²) in [6.07, 6.45) is 3.83. The summed E-state index contributed by atoms with van der Waals surface area (Å²) in [7, 11) is 2.08. The first-order chi connectivity index (χ1) is 9.73. The molecule has 0 amide bonds. The van der Waals surface area contributed by atoms with Gasteiger partial charge in [-0.15, -0.1) is 0 Å². The lowest BCUT2D eigenvalue weighted by molar-refractivity contribution is 0.156. The molecule has 2 nitrogen and oxygen atoms in total. The van der Waals surface area contributed by atoms with E-state index in [1.807, 2.05) is 0 Å². The molecule has 0 saturated carbocycles. The van der Waals surface area contributed by atoms with Gasteiger partial charge in [-0.05, 0) is 49.8 Å². The zero-order chi connectivity index (χ0) is 14.4. The fourth-order valence-corrected chi connectivity index (χ4v) is 3.60. The highest BCUT2D eigenvalue weighted by atomic mass is 15.2. The number of hydrogen-bond acceptors (Lipinski definition) is 2. The summed E-state index contributed by atoms with van der Waals surface area (Å²) in [6.45, 7) is 9.54. The summed E-state index contributed by atoms with van der Waals surface area (Å²) in [6, 6.07) is 11.0. The molecule has 1 heterocycles. The van der Waals surface area contributed by atoms with Gasteiger partial charge >= 0.3 is 0 Å². The number of benzene rings is 1. The Hall–Kier alpha value is -0.860. The second kappa shape index (κ2) is 7.24. The SMILES string of the molecule is CCC(CC)(CNC)CN1CCC(c2ccccc2)C1. The Morgan fingerprint density at radius 2 is 1.90 bits per heavy atom. The zero-order valence-corrected chi connectivity index (χ0v) is 13.4. The normalized spacial score (nSPS) is 20.4. The lowest BCUT2D eigenvalue weighted by atomic mass is 9.81. The van der Waals surface area contributed by atoms with Crippen LogP contribution in [-0.2, 0) is 0 Å². The van der Waals surface area contributed by atoms with E-state index in [0.717, 1.165) is 12.5 Å². The molecule has 1 aliphatic rings. The number of likely N-dealkylation sites (tertiary alicyclic amines) is 1. The average Bonchev–Trinajstić information content (AvgIpc) is 2.96. The van der Waals surface area contributed by atoms with Crippen LogP contribution in [-0.4, -0.2) is 38.1 Å². The topological polar surface area (TPSA) is 15.3 Å². The van der Waals surface area contributed by atoms with Gasteiger partial charge in [-0.3, -0.25) is 0 Å². The third-order valence-electron chi connectivity index (χ3n) is 5.15. The monoisotopic (exact) mass is 274 g/mol. The van der Waals surface area contributed by atoms with Gasteiger partial charge in [-0.2, -0.15) is 0 Å². The van der Waals surface area contributed by atoms with Crippen molar-refractivity contribution in [3.63, 3.8) is 0 Å². The molecular formula is C18H30N2. The van der Waals surface area contributed by atoms with E-state index in [2.05, 4.69) is 61.4 Å². The first kappa shape index (κ1) is 15.5. The molecule has 0 radical (unpaired) electrons. The van der Waals surface area contributed by atoms with Crippen LogP contribution in [0.5, 0.6) is 0 Å². The molecule has 1 N–H and O–H groups in total. The lowest BCUT2D eigenvalue weighted by Gasteiger charge is -2.35. The quantitative estimate of drug-likeness (QED) is 0.818. The van der Waals surface area contributed by atoms with Crippen LogP contribution >= 0.6 is 0 Å². The van der Waals surface area contributed by atoms with Crippen molar-refractivity contribution in [3.8, 4) is 0 Å². The molecule has 0 aliphatic carbocycles. The number of nitrogens with one attached hydrogen (secondary N) is 1. The molecule has 1 saturated heterocycles. The van der Waals surface area contributed by atoms with Gasteiger partial charge < -0.3 is 10.2 Å². The van der Waals surface area contributed by atoms with Gasteiger partial charge in [0, 0.05) is 19.6 Å². The smallest absolute Gasteiger partial charge is 0.00510 e. The standard InChI is InChI=1S/C18H30N2/c1-4-18(5-2,14-19-3)15-20-12-11-17(13-20)16-9-7-6-8-10-16/h6-10,17,19H,4-5,11-15H2,1-3H3. The van der Waals surface area contributed by atoms with E-state index in [4.69, 9.17) is 0 Å². The molecule has 112 valence electrons. The van der Waals surface area contributed by atoms with E-state index >= 15 is 0 Å². The van der Waals surface area contributed by atoms with Crippen molar-refractivity contribution in [2.45, 2.75) is 39.0 Å². The molecule has 2 heteroatoms. The number of hydrogen-bond donors (Lipinski definition) is 1. The fraction of sp³-hybridized carbons (Fsp3) is 0.667. The Labute approximate surface area is 124 Å². The van der Waals surface area contributed by atoms with Crippen molar-refractivity contribution < 1.29 is 0 Å². The van der Waals surface area contributed by atoms with Gasteiger partial charge in [0.15, 0.2) is 0 Å². The van der Waals surface area contributed by atoms with Crippen molar-refractivity contribution >= 4 is 0 Å². The van der Waals surface area contributed by atoms with Crippen molar-refractivity contribution in [1.29, 1.82) is 0 Å². The molecule has 1 aliphatic heterocycles. The zero-order valence-electron chi connectivity index (χ0n) is 13.4. The maximum absolute atomic E-state index is 3.40. The minimum absolute atomic E-state index is 0.445. The Morgan fingerprint density at radius 1 is 1.20 bits per heavy atom. The van der Waals surface area contributed by atoms with Gasteiger partial charge in [0.2, 0.25) is 0 Å². The average molecular weight is 274 g/mol. The highest BCUT2D eigenvalue weighted by Gasteiger charge is 2.32. The highest BCUT2D eigenvalue weighted by molar-refractivity contribution is 5.21. The maximum Gasteiger partial charge on any atom is 0.00510 e. The minimum atomic E-state index is 0.445. The van der Waals surface area contributed by atoms with Gasteiger partial charge in [0.05, 0.1) is 0 Å². The molecule has 0 aromatic heterocycles. The van der Waals surface area contributed by atoms with E-state index in [0.29, 0.717) is 5.41 Å². The van der Waals surface area contributed by atoms with E-state index in [1.165, 1.54) is 44.5 Å². The van der Waals surface area contributed by atoms with E-state index in [1.54, 1.807) is 0 Å². The van der Waals surface area contributed by atoms with Crippen LogP contribution in [0, 0.1) is 5.41 Å². The van der Waals surface area contributed by atoms with E-state index in [-0.39, 0.29) is 0 Å². The summed E-state index contributed by atoms with van der Waals surface area (Å²) < 4.78 is 0. The second-order valence-electron chi connectivity index (χ2n) is 6.37. The molecule has 0 spiro atoms. The van der Waals surface area contributed by atoms with E-state index < -0.39 is 0 Å². The van der Waals surface area contributed by atoms with Crippen molar-refractivity contribution in [2.24, 2.45) is 5.41 Å². The molecule has 1 atom stereocenters. The van der Waals surface area contributed by atoms with E-state index in [9.17, 15) is 0 Å². The van der Waals surface area contributed by atoms with Gasteiger partial charge in [-0.1, -0.05) is 44.2 Å². The highest BCUT2D eigenvalue weighted by Crippen LogP contribution is 2.32. The van der Waals surface area contributed by atoms with Crippen molar-refractivity contribution in [1.82, 2.24) is 10.2 Å². The number of rotatable bonds is 7. The second-order valence-corrected chi connectivity index (χ2v) is 6.37. The predicted molar refractivity (Wildman–Crippen MR) is 87.2 cm³/mol. The Balaban J connectivity index is 1.95. The minimum Gasteiger partial charge on any atom is -0.319 e. The van der Waals surface area contributed by atoms with Crippen LogP contribution in [0.2, 0.25) is 0 Å². The first-order valence-electron chi connectivity index (χ1n) is 8.15. The van der Waals surface area contributed by atoms with Gasteiger partial charge in [0.25, 0.3) is 0 Å². The Bertz CT molecular complexity index is 384. The summed E-state index contributed by atoms with van der Waals surface area (Å²) in [5.74, 6) is 0.734. The molecule has 0 bridgehead atoms. The van der Waals surface area contributed by atoms with Gasteiger partial charge in [-0.25, -0.2) is 0 Å². The molecular weight excluding hydrogens is 244 g/mol. The van der Waals surface area contributed by atoms with Gasteiger partial charge in [0.1, 0.15) is 0 Å². The number of nitrogens with zero attached hydrogens (tertiary/aromatic N) is 1. The van der Waals surface area contributed by atoms with Crippen LogP contribution in [0.4, 0.5) is 0 Å². The van der Waals surface area contributed by atoms with Crippen LogP contribution < -0.4 is 5.32 Å². The molecule has 1 unspecified atom stereocenters. The molecule has 2 rings (SSSR count). The van der Waals surface area contributed by atoms with Crippen LogP contribution in [0.1, 0.15) is 44.6 Å². The molecule has 20 heavy (non-hydrogen) atoms. The largest absolute Gasteiger partial charge is 0.319 e.